The summed E-state index contributed by atoms with van der Waals surface area (Å²) in [4.78, 5) is 3.28. The van der Waals surface area contributed by atoms with Gasteiger partial charge in [0.05, 0.1) is 5.60 Å². The monoisotopic (exact) mass is 384 g/mol. The van der Waals surface area contributed by atoms with Crippen molar-refractivity contribution in [2.24, 2.45) is 5.92 Å². The number of aromatic nitrogens is 1. The Balaban J connectivity index is 1.48. The lowest BCUT2D eigenvalue weighted by molar-refractivity contribution is -0.0538. The standard InChI is InChI=1S/C22H25ClN2O2/c23-18-7-8-21-20(11-18)15(13-25-21)12-24-14-17-4-1-2-9-22(17,27)16-5-3-6-19(26)10-16/h3,5-8,10-11,13,17,24-27H,1-2,4,9,12,14H2. The fourth-order valence-electron chi connectivity index (χ4n) is 4.33. The zero-order valence-electron chi connectivity index (χ0n) is 15.2. The molecule has 0 amide bonds. The number of hydrogen-bond acceptors (Lipinski definition) is 3. The minimum Gasteiger partial charge on any atom is -0.508 e. The van der Waals surface area contributed by atoms with E-state index in [1.54, 1.807) is 18.2 Å². The number of aromatic amines is 1. The average molecular weight is 385 g/mol. The molecule has 4 nitrogen and oxygen atoms in total. The van der Waals surface area contributed by atoms with Gasteiger partial charge in [-0.3, -0.25) is 0 Å². The van der Waals surface area contributed by atoms with Gasteiger partial charge in [0.15, 0.2) is 0 Å². The van der Waals surface area contributed by atoms with Crippen LogP contribution in [0.1, 0.15) is 36.8 Å². The number of halogens is 1. The van der Waals surface area contributed by atoms with Crippen molar-refractivity contribution in [3.8, 4) is 5.75 Å². The molecule has 0 radical (unpaired) electrons. The summed E-state index contributed by atoms with van der Waals surface area (Å²) in [5, 5.41) is 26.6. The molecule has 1 fully saturated rings. The van der Waals surface area contributed by atoms with Crippen molar-refractivity contribution in [2.75, 3.05) is 6.54 Å². The average Bonchev–Trinajstić information content (AvgIpc) is 3.05. The Morgan fingerprint density at radius 3 is 2.93 bits per heavy atom. The highest BCUT2D eigenvalue weighted by Crippen LogP contribution is 2.42. The highest BCUT2D eigenvalue weighted by molar-refractivity contribution is 6.31. The van der Waals surface area contributed by atoms with E-state index in [-0.39, 0.29) is 11.7 Å². The third kappa shape index (κ3) is 3.70. The van der Waals surface area contributed by atoms with Gasteiger partial charge >= 0.3 is 0 Å². The second kappa shape index (κ2) is 7.55. The number of phenols is 1. The summed E-state index contributed by atoms with van der Waals surface area (Å²) in [6.07, 6.45) is 5.83. The van der Waals surface area contributed by atoms with Crippen LogP contribution < -0.4 is 5.32 Å². The Morgan fingerprint density at radius 2 is 2.07 bits per heavy atom. The summed E-state index contributed by atoms with van der Waals surface area (Å²) >= 11 is 6.13. The van der Waals surface area contributed by atoms with E-state index >= 15 is 0 Å². The Morgan fingerprint density at radius 1 is 1.19 bits per heavy atom. The van der Waals surface area contributed by atoms with Crippen molar-refractivity contribution in [2.45, 2.75) is 37.8 Å². The van der Waals surface area contributed by atoms with E-state index in [2.05, 4.69) is 10.3 Å². The van der Waals surface area contributed by atoms with Gasteiger partial charge in [0.2, 0.25) is 0 Å². The summed E-state index contributed by atoms with van der Waals surface area (Å²) in [7, 11) is 0. The first-order valence-corrected chi connectivity index (χ1v) is 9.92. The number of fused-ring (bicyclic) bond motifs is 1. The normalized spacial score (nSPS) is 23.0. The summed E-state index contributed by atoms with van der Waals surface area (Å²) in [5.74, 6) is 0.315. The van der Waals surface area contributed by atoms with Gasteiger partial charge in [-0.1, -0.05) is 36.6 Å². The van der Waals surface area contributed by atoms with Crippen LogP contribution >= 0.6 is 11.6 Å². The van der Waals surface area contributed by atoms with Crippen molar-refractivity contribution in [1.29, 1.82) is 0 Å². The molecule has 1 aliphatic rings. The van der Waals surface area contributed by atoms with Gasteiger partial charge in [-0.15, -0.1) is 0 Å². The zero-order chi connectivity index (χ0) is 18.9. The molecule has 1 saturated carbocycles. The molecule has 1 aliphatic carbocycles. The molecule has 5 heteroatoms. The van der Waals surface area contributed by atoms with Crippen molar-refractivity contribution in [3.05, 3.63) is 64.8 Å². The van der Waals surface area contributed by atoms with Crippen molar-refractivity contribution in [3.63, 3.8) is 0 Å². The van der Waals surface area contributed by atoms with Gasteiger partial charge in [0, 0.05) is 41.1 Å². The molecule has 2 unspecified atom stereocenters. The highest BCUT2D eigenvalue weighted by Gasteiger charge is 2.40. The number of H-pyrrole nitrogens is 1. The SMILES string of the molecule is Oc1cccc(C2(O)CCCCC2CNCc2c[nH]c3ccc(Cl)cc23)c1. The first-order valence-electron chi connectivity index (χ1n) is 9.54. The fourth-order valence-corrected chi connectivity index (χ4v) is 4.50. The van der Waals surface area contributed by atoms with E-state index in [0.717, 1.165) is 53.7 Å². The number of aromatic hydroxyl groups is 1. The van der Waals surface area contributed by atoms with Gasteiger partial charge in [-0.05, 0) is 54.3 Å². The van der Waals surface area contributed by atoms with Crippen molar-refractivity contribution >= 4 is 22.5 Å². The Kier molecular flexibility index (Phi) is 5.13. The van der Waals surface area contributed by atoms with Gasteiger partial charge in [-0.25, -0.2) is 0 Å². The molecule has 0 bridgehead atoms. The highest BCUT2D eigenvalue weighted by atomic mass is 35.5. The van der Waals surface area contributed by atoms with Crippen LogP contribution in [0.25, 0.3) is 10.9 Å². The van der Waals surface area contributed by atoms with Gasteiger partial charge < -0.3 is 20.5 Å². The van der Waals surface area contributed by atoms with Crippen molar-refractivity contribution in [1.82, 2.24) is 10.3 Å². The largest absolute Gasteiger partial charge is 0.508 e. The third-order valence-electron chi connectivity index (χ3n) is 5.82. The van der Waals surface area contributed by atoms with E-state index in [1.165, 1.54) is 5.56 Å². The van der Waals surface area contributed by atoms with Crippen LogP contribution in [0.4, 0.5) is 0 Å². The molecule has 142 valence electrons. The van der Waals surface area contributed by atoms with E-state index in [9.17, 15) is 10.2 Å². The number of nitrogens with one attached hydrogen (secondary N) is 2. The lowest BCUT2D eigenvalue weighted by Crippen LogP contribution is -2.43. The number of benzene rings is 2. The molecule has 1 aromatic heterocycles. The summed E-state index contributed by atoms with van der Waals surface area (Å²) in [6, 6.07) is 12.9. The molecule has 0 aliphatic heterocycles. The first-order chi connectivity index (χ1) is 13.1. The number of rotatable bonds is 5. The minimum absolute atomic E-state index is 0.113. The minimum atomic E-state index is -0.895. The zero-order valence-corrected chi connectivity index (χ0v) is 16.0. The molecular formula is C22H25ClN2O2. The topological polar surface area (TPSA) is 68.3 Å². The Bertz CT molecular complexity index is 939. The van der Waals surface area contributed by atoms with Crippen LogP contribution in [0, 0.1) is 5.92 Å². The summed E-state index contributed by atoms with van der Waals surface area (Å²) in [5.41, 5.74) is 2.16. The molecule has 3 aromatic rings. The van der Waals surface area contributed by atoms with Crippen LogP contribution in [0.2, 0.25) is 5.02 Å². The second-order valence-corrected chi connectivity index (χ2v) is 7.99. The summed E-state index contributed by atoms with van der Waals surface area (Å²) < 4.78 is 0. The maximum atomic E-state index is 11.4. The van der Waals surface area contributed by atoms with Crippen LogP contribution in [0.5, 0.6) is 5.75 Å². The van der Waals surface area contributed by atoms with E-state index < -0.39 is 5.60 Å². The van der Waals surface area contributed by atoms with E-state index in [1.807, 2.05) is 30.5 Å². The van der Waals surface area contributed by atoms with E-state index in [0.29, 0.717) is 6.54 Å². The molecule has 27 heavy (non-hydrogen) atoms. The molecular weight excluding hydrogens is 360 g/mol. The molecule has 2 atom stereocenters. The number of hydrogen-bond donors (Lipinski definition) is 4. The quantitative estimate of drug-likeness (QED) is 0.515. The Labute approximate surface area is 164 Å². The van der Waals surface area contributed by atoms with Crippen LogP contribution in [-0.2, 0) is 12.1 Å². The lowest BCUT2D eigenvalue weighted by Gasteiger charge is -2.40. The number of phenolic OH excluding ortho intramolecular Hbond substituents is 1. The maximum Gasteiger partial charge on any atom is 0.115 e. The molecule has 1 heterocycles. The van der Waals surface area contributed by atoms with Gasteiger partial charge in [0.25, 0.3) is 0 Å². The molecule has 4 N–H and O–H groups in total. The fraction of sp³-hybridized carbons (Fsp3) is 0.364. The molecule has 0 saturated heterocycles. The lowest BCUT2D eigenvalue weighted by atomic mass is 9.71. The predicted molar refractivity (Wildman–Crippen MR) is 109 cm³/mol. The maximum absolute atomic E-state index is 11.4. The molecule has 2 aromatic carbocycles. The van der Waals surface area contributed by atoms with Crippen LogP contribution in [0.3, 0.4) is 0 Å². The smallest absolute Gasteiger partial charge is 0.115 e. The van der Waals surface area contributed by atoms with Crippen LogP contribution in [0.15, 0.2) is 48.7 Å². The molecule has 4 rings (SSSR count). The summed E-state index contributed by atoms with van der Waals surface area (Å²) in [6.45, 7) is 1.44. The molecule has 0 spiro atoms. The van der Waals surface area contributed by atoms with Crippen molar-refractivity contribution < 1.29 is 10.2 Å². The van der Waals surface area contributed by atoms with E-state index in [4.69, 9.17) is 11.6 Å². The van der Waals surface area contributed by atoms with Gasteiger partial charge in [-0.2, -0.15) is 0 Å². The van der Waals surface area contributed by atoms with Gasteiger partial charge in [0.1, 0.15) is 5.75 Å². The Hall–Kier alpha value is -2.01. The third-order valence-corrected chi connectivity index (χ3v) is 6.05. The number of aliphatic hydroxyl groups is 1. The second-order valence-electron chi connectivity index (χ2n) is 7.55. The first kappa shape index (κ1) is 18.4. The van der Waals surface area contributed by atoms with Crippen LogP contribution in [-0.4, -0.2) is 21.7 Å². The predicted octanol–water partition coefficient (Wildman–Crippen LogP) is 4.69.